The Morgan fingerprint density at radius 2 is 1.88 bits per heavy atom. The Kier molecular flexibility index (Phi) is 6.47. The molecule has 1 aromatic rings. The zero-order valence-electron chi connectivity index (χ0n) is 15.9. The Labute approximate surface area is 156 Å². The van der Waals surface area contributed by atoms with Gasteiger partial charge in [0.1, 0.15) is 5.60 Å². The Hall–Kier alpha value is -1.44. The molecule has 1 saturated heterocycles. The smallest absolute Gasteiger partial charge is 0.311 e. The molecule has 6 nitrogen and oxygen atoms in total. The van der Waals surface area contributed by atoms with Gasteiger partial charge in [-0.25, -0.2) is 8.42 Å². The van der Waals surface area contributed by atoms with Gasteiger partial charge in [-0.2, -0.15) is 4.31 Å². The van der Waals surface area contributed by atoms with Crippen molar-refractivity contribution >= 4 is 16.0 Å². The van der Waals surface area contributed by atoms with E-state index in [1.54, 1.807) is 45.0 Å². The van der Waals surface area contributed by atoms with E-state index in [0.717, 1.165) is 5.56 Å². The predicted octanol–water partition coefficient (Wildman–Crippen LogP) is 2.49. The van der Waals surface area contributed by atoms with Crippen LogP contribution in [-0.4, -0.2) is 48.6 Å². The third kappa shape index (κ3) is 4.84. The molecule has 0 radical (unpaired) electrons. The van der Waals surface area contributed by atoms with Crippen molar-refractivity contribution in [2.24, 2.45) is 5.92 Å². The third-order valence-corrected chi connectivity index (χ3v) is 6.43. The first kappa shape index (κ1) is 20.9. The van der Waals surface area contributed by atoms with Gasteiger partial charge in [0.2, 0.25) is 10.0 Å². The van der Waals surface area contributed by atoms with Gasteiger partial charge < -0.3 is 9.84 Å². The number of aryl methyl sites for hydroxylation is 1. The molecule has 2 atom stereocenters. The summed E-state index contributed by atoms with van der Waals surface area (Å²) in [4.78, 5) is 12.8. The van der Waals surface area contributed by atoms with Gasteiger partial charge in [-0.05, 0) is 59.1 Å². The van der Waals surface area contributed by atoms with Crippen LogP contribution in [0, 0.1) is 12.8 Å². The van der Waals surface area contributed by atoms with E-state index in [1.807, 2.05) is 6.92 Å². The van der Waals surface area contributed by atoms with Gasteiger partial charge in [0.25, 0.3) is 0 Å². The van der Waals surface area contributed by atoms with E-state index in [1.165, 1.54) is 4.31 Å². The van der Waals surface area contributed by atoms with Gasteiger partial charge in [0, 0.05) is 19.2 Å². The molecule has 0 bridgehead atoms. The van der Waals surface area contributed by atoms with E-state index in [0.29, 0.717) is 19.3 Å². The molecule has 0 aromatic heterocycles. The molecule has 0 aliphatic carbocycles. The first-order valence-electron chi connectivity index (χ1n) is 8.98. The number of esters is 1. The summed E-state index contributed by atoms with van der Waals surface area (Å²) in [6, 6.07) is 6.21. The highest BCUT2D eigenvalue weighted by molar-refractivity contribution is 7.89. The SMILES string of the molecule is Cc1ccc(S(=O)(=O)N2CC[C@H](C(=O)OC(C)(C)C)[C@@H]2CCCO)cc1. The quantitative estimate of drug-likeness (QED) is 0.763. The summed E-state index contributed by atoms with van der Waals surface area (Å²) >= 11 is 0. The fraction of sp³-hybridized carbons (Fsp3) is 0.632. The number of rotatable bonds is 6. The summed E-state index contributed by atoms with van der Waals surface area (Å²) in [5.41, 5.74) is 0.357. The van der Waals surface area contributed by atoms with Crippen molar-refractivity contribution in [2.45, 2.75) is 63.5 Å². The van der Waals surface area contributed by atoms with Crippen LogP contribution >= 0.6 is 0 Å². The van der Waals surface area contributed by atoms with Gasteiger partial charge in [-0.15, -0.1) is 0 Å². The molecule has 1 aliphatic heterocycles. The molecule has 0 saturated carbocycles. The third-order valence-electron chi connectivity index (χ3n) is 4.49. The highest BCUT2D eigenvalue weighted by Crippen LogP contribution is 2.34. The maximum absolute atomic E-state index is 13.1. The number of carbonyl (C=O) groups is 1. The molecular weight excluding hydrogens is 354 g/mol. The van der Waals surface area contributed by atoms with Crippen LogP contribution in [0.15, 0.2) is 29.2 Å². The lowest BCUT2D eigenvalue weighted by atomic mass is 9.96. The summed E-state index contributed by atoms with van der Waals surface area (Å²) in [6.07, 6.45) is 1.28. The summed E-state index contributed by atoms with van der Waals surface area (Å²) < 4.78 is 33.1. The second-order valence-electron chi connectivity index (χ2n) is 7.79. The summed E-state index contributed by atoms with van der Waals surface area (Å²) in [5, 5.41) is 9.19. The van der Waals surface area contributed by atoms with Gasteiger partial charge in [0.15, 0.2) is 0 Å². The molecule has 1 aliphatic rings. The molecule has 1 fully saturated rings. The van der Waals surface area contributed by atoms with Crippen LogP contribution in [0.1, 0.15) is 45.6 Å². The van der Waals surface area contributed by atoms with Crippen LogP contribution in [0.3, 0.4) is 0 Å². The van der Waals surface area contributed by atoms with E-state index in [4.69, 9.17) is 4.74 Å². The van der Waals surface area contributed by atoms with Crippen LogP contribution in [0.25, 0.3) is 0 Å². The number of carbonyl (C=O) groups excluding carboxylic acids is 1. The van der Waals surface area contributed by atoms with E-state index < -0.39 is 27.6 Å². The van der Waals surface area contributed by atoms with Gasteiger partial charge in [0.05, 0.1) is 10.8 Å². The first-order chi connectivity index (χ1) is 12.1. The number of sulfonamides is 1. The molecule has 1 N–H and O–H groups in total. The lowest BCUT2D eigenvalue weighted by Gasteiger charge is -2.29. The second kappa shape index (κ2) is 8.06. The van der Waals surface area contributed by atoms with Crippen LogP contribution in [0.4, 0.5) is 0 Å². The minimum Gasteiger partial charge on any atom is -0.460 e. The molecule has 7 heteroatoms. The predicted molar refractivity (Wildman–Crippen MR) is 99.1 cm³/mol. The summed E-state index contributed by atoms with van der Waals surface area (Å²) in [5.74, 6) is -0.886. The molecule has 1 aromatic carbocycles. The summed E-state index contributed by atoms with van der Waals surface area (Å²) in [6.45, 7) is 7.51. The average molecular weight is 384 g/mol. The minimum absolute atomic E-state index is 0.0457. The highest BCUT2D eigenvalue weighted by Gasteiger charge is 2.45. The fourth-order valence-electron chi connectivity index (χ4n) is 3.27. The van der Waals surface area contributed by atoms with Crippen LogP contribution in [0.2, 0.25) is 0 Å². The second-order valence-corrected chi connectivity index (χ2v) is 9.68. The number of aliphatic hydroxyl groups is 1. The minimum atomic E-state index is -3.70. The van der Waals surface area contributed by atoms with Crippen LogP contribution in [-0.2, 0) is 19.6 Å². The van der Waals surface area contributed by atoms with Crippen molar-refractivity contribution in [1.82, 2.24) is 4.31 Å². The molecule has 2 rings (SSSR count). The van der Waals surface area contributed by atoms with Crippen molar-refractivity contribution < 1.29 is 23.1 Å². The molecule has 146 valence electrons. The Morgan fingerprint density at radius 1 is 1.27 bits per heavy atom. The van der Waals surface area contributed by atoms with Crippen molar-refractivity contribution in [3.05, 3.63) is 29.8 Å². The zero-order valence-corrected chi connectivity index (χ0v) is 16.8. The van der Waals surface area contributed by atoms with Crippen molar-refractivity contribution in [3.8, 4) is 0 Å². The molecular formula is C19H29NO5S. The number of aliphatic hydroxyl groups excluding tert-OH is 1. The van der Waals surface area contributed by atoms with E-state index in [2.05, 4.69) is 0 Å². The van der Waals surface area contributed by atoms with Crippen molar-refractivity contribution in [1.29, 1.82) is 0 Å². The summed E-state index contributed by atoms with van der Waals surface area (Å²) in [7, 11) is -3.70. The molecule has 26 heavy (non-hydrogen) atoms. The topological polar surface area (TPSA) is 83.9 Å². The van der Waals surface area contributed by atoms with E-state index >= 15 is 0 Å². The number of hydrogen-bond donors (Lipinski definition) is 1. The van der Waals surface area contributed by atoms with Gasteiger partial charge in [-0.1, -0.05) is 17.7 Å². The number of ether oxygens (including phenoxy) is 1. The molecule has 0 spiro atoms. The average Bonchev–Trinajstić information content (AvgIpc) is 2.96. The number of benzene rings is 1. The first-order valence-corrected chi connectivity index (χ1v) is 10.4. The molecule has 0 amide bonds. The van der Waals surface area contributed by atoms with Crippen molar-refractivity contribution in [3.63, 3.8) is 0 Å². The molecule has 1 heterocycles. The Bertz CT molecular complexity index is 721. The normalized spacial score (nSPS) is 21.7. The number of nitrogens with zero attached hydrogens (tertiary/aromatic N) is 1. The maximum Gasteiger partial charge on any atom is 0.311 e. The standard InChI is InChI=1S/C19H29NO5S/c1-14-7-9-15(10-8-14)26(23,24)20-12-11-16(17(20)6-5-13-21)18(22)25-19(2,3)4/h7-10,16-17,21H,5-6,11-13H2,1-4H3/t16-,17-/m0/s1. The Morgan fingerprint density at radius 3 is 2.42 bits per heavy atom. The van der Waals surface area contributed by atoms with Crippen LogP contribution in [0.5, 0.6) is 0 Å². The van der Waals surface area contributed by atoms with E-state index in [9.17, 15) is 18.3 Å². The number of hydrogen-bond acceptors (Lipinski definition) is 5. The van der Waals surface area contributed by atoms with Gasteiger partial charge >= 0.3 is 5.97 Å². The lowest BCUT2D eigenvalue weighted by Crippen LogP contribution is -2.41. The molecule has 0 unspecified atom stereocenters. The fourth-order valence-corrected chi connectivity index (χ4v) is 4.97. The largest absolute Gasteiger partial charge is 0.460 e. The Balaban J connectivity index is 2.29. The van der Waals surface area contributed by atoms with Crippen molar-refractivity contribution in [2.75, 3.05) is 13.2 Å². The maximum atomic E-state index is 13.1. The zero-order chi connectivity index (χ0) is 19.5. The van der Waals surface area contributed by atoms with Gasteiger partial charge in [-0.3, -0.25) is 4.79 Å². The monoisotopic (exact) mass is 383 g/mol. The lowest BCUT2D eigenvalue weighted by molar-refractivity contribution is -0.160. The van der Waals surface area contributed by atoms with Crippen LogP contribution < -0.4 is 0 Å². The van der Waals surface area contributed by atoms with E-state index in [-0.39, 0.29) is 24.0 Å². The highest BCUT2D eigenvalue weighted by atomic mass is 32.2.